The van der Waals surface area contributed by atoms with Gasteiger partial charge in [-0.1, -0.05) is 17.7 Å². The molecule has 5 heteroatoms. The van der Waals surface area contributed by atoms with Gasteiger partial charge in [-0.2, -0.15) is 0 Å². The van der Waals surface area contributed by atoms with E-state index in [4.69, 9.17) is 11.6 Å². The van der Waals surface area contributed by atoms with Crippen molar-refractivity contribution in [3.8, 4) is 0 Å². The molecule has 0 unspecified atom stereocenters. The van der Waals surface area contributed by atoms with Gasteiger partial charge in [-0.05, 0) is 24.6 Å². The summed E-state index contributed by atoms with van der Waals surface area (Å²) in [6.07, 6.45) is 0.141. The van der Waals surface area contributed by atoms with Crippen LogP contribution in [0.2, 0.25) is 5.02 Å². The van der Waals surface area contributed by atoms with Gasteiger partial charge in [0.1, 0.15) is 11.5 Å². The van der Waals surface area contributed by atoms with E-state index in [1.54, 1.807) is 5.38 Å². The van der Waals surface area contributed by atoms with Crippen molar-refractivity contribution >= 4 is 28.7 Å². The highest BCUT2D eigenvalue weighted by Crippen LogP contribution is 2.19. The SMILES string of the molecule is Cc1nc(C(=O)Cc2ccc(F)cc2Cl)cs1. The number of aryl methyl sites for hydroxylation is 1. The Balaban J connectivity index is 2.18. The van der Waals surface area contributed by atoms with Crippen LogP contribution in [0.4, 0.5) is 4.39 Å². The molecule has 17 heavy (non-hydrogen) atoms. The number of ketones is 1. The number of Topliss-reactive ketones (excluding diaryl/α,β-unsaturated/α-hetero) is 1. The van der Waals surface area contributed by atoms with Gasteiger partial charge in [0.15, 0.2) is 5.78 Å². The summed E-state index contributed by atoms with van der Waals surface area (Å²) < 4.78 is 12.8. The van der Waals surface area contributed by atoms with Crippen LogP contribution in [0.25, 0.3) is 0 Å². The Kier molecular flexibility index (Phi) is 3.54. The molecule has 0 aliphatic rings. The van der Waals surface area contributed by atoms with Gasteiger partial charge >= 0.3 is 0 Å². The van der Waals surface area contributed by atoms with Crippen LogP contribution in [0, 0.1) is 12.7 Å². The Bertz CT molecular complexity index is 567. The quantitative estimate of drug-likeness (QED) is 0.796. The molecule has 1 heterocycles. The second-order valence-corrected chi connectivity index (χ2v) is 5.06. The van der Waals surface area contributed by atoms with Gasteiger partial charge in [0.05, 0.1) is 5.01 Å². The minimum Gasteiger partial charge on any atom is -0.292 e. The maximum absolute atomic E-state index is 12.8. The van der Waals surface area contributed by atoms with Crippen LogP contribution in [0.5, 0.6) is 0 Å². The summed E-state index contributed by atoms with van der Waals surface area (Å²) in [6.45, 7) is 1.84. The van der Waals surface area contributed by atoms with Crippen molar-refractivity contribution in [2.75, 3.05) is 0 Å². The molecule has 0 amide bonds. The molecule has 88 valence electrons. The fraction of sp³-hybridized carbons (Fsp3) is 0.167. The van der Waals surface area contributed by atoms with Crippen LogP contribution in [0.3, 0.4) is 0 Å². The number of aromatic nitrogens is 1. The largest absolute Gasteiger partial charge is 0.292 e. The van der Waals surface area contributed by atoms with E-state index < -0.39 is 5.82 Å². The van der Waals surface area contributed by atoms with Crippen LogP contribution in [0.1, 0.15) is 21.1 Å². The Hall–Kier alpha value is -1.26. The second kappa shape index (κ2) is 4.94. The summed E-state index contributed by atoms with van der Waals surface area (Å²) in [5.41, 5.74) is 1.05. The molecule has 2 rings (SSSR count). The number of thiazole rings is 1. The molecule has 0 bridgehead atoms. The number of carbonyl (C=O) groups excluding carboxylic acids is 1. The number of hydrogen-bond acceptors (Lipinski definition) is 3. The lowest BCUT2D eigenvalue weighted by molar-refractivity contribution is 0.0988. The Morgan fingerprint density at radius 2 is 2.29 bits per heavy atom. The molecule has 0 spiro atoms. The van der Waals surface area contributed by atoms with E-state index in [0.717, 1.165) is 5.01 Å². The van der Waals surface area contributed by atoms with Crippen molar-refractivity contribution < 1.29 is 9.18 Å². The number of benzene rings is 1. The average molecular weight is 270 g/mol. The monoisotopic (exact) mass is 269 g/mol. The highest BCUT2D eigenvalue weighted by molar-refractivity contribution is 7.09. The van der Waals surface area contributed by atoms with Crippen molar-refractivity contribution in [3.05, 3.63) is 50.7 Å². The third-order valence-corrected chi connectivity index (χ3v) is 3.40. The van der Waals surface area contributed by atoms with Gasteiger partial charge in [-0.15, -0.1) is 11.3 Å². The lowest BCUT2D eigenvalue weighted by atomic mass is 10.1. The third kappa shape index (κ3) is 2.90. The standard InChI is InChI=1S/C12H9ClFNOS/c1-7-15-11(6-17-7)12(16)4-8-2-3-9(14)5-10(8)13/h2-3,5-6H,4H2,1H3. The lowest BCUT2D eigenvalue weighted by Gasteiger charge is -2.02. The zero-order valence-electron chi connectivity index (χ0n) is 9.04. The van der Waals surface area contributed by atoms with E-state index in [2.05, 4.69) is 4.98 Å². The number of halogens is 2. The van der Waals surface area contributed by atoms with E-state index in [0.29, 0.717) is 11.3 Å². The molecule has 0 saturated carbocycles. The first kappa shape index (κ1) is 12.2. The second-order valence-electron chi connectivity index (χ2n) is 3.59. The van der Waals surface area contributed by atoms with E-state index in [1.807, 2.05) is 6.92 Å². The summed E-state index contributed by atoms with van der Waals surface area (Å²) in [7, 11) is 0. The molecule has 1 aromatic carbocycles. The van der Waals surface area contributed by atoms with Gasteiger partial charge in [0.2, 0.25) is 0 Å². The van der Waals surface area contributed by atoms with Gasteiger partial charge in [-0.3, -0.25) is 4.79 Å². The van der Waals surface area contributed by atoms with Crippen molar-refractivity contribution in [2.45, 2.75) is 13.3 Å². The molecular formula is C12H9ClFNOS. The smallest absolute Gasteiger partial charge is 0.186 e. The summed E-state index contributed by atoms with van der Waals surface area (Å²) >= 11 is 7.28. The average Bonchev–Trinajstić information content (AvgIpc) is 2.69. The number of hydrogen-bond donors (Lipinski definition) is 0. The predicted molar refractivity (Wildman–Crippen MR) is 66.3 cm³/mol. The van der Waals surface area contributed by atoms with Crippen LogP contribution in [-0.4, -0.2) is 10.8 Å². The Morgan fingerprint density at radius 3 is 2.88 bits per heavy atom. The topological polar surface area (TPSA) is 30.0 Å². The molecule has 0 N–H and O–H groups in total. The minimum atomic E-state index is -0.407. The Morgan fingerprint density at radius 1 is 1.53 bits per heavy atom. The van der Waals surface area contributed by atoms with Crippen LogP contribution >= 0.6 is 22.9 Å². The molecule has 2 aromatic rings. The normalized spacial score (nSPS) is 10.5. The van der Waals surface area contributed by atoms with Crippen molar-refractivity contribution in [1.82, 2.24) is 4.98 Å². The first-order valence-corrected chi connectivity index (χ1v) is 6.21. The summed E-state index contributed by atoms with van der Waals surface area (Å²) in [5.74, 6) is -0.515. The molecule has 0 aliphatic carbocycles. The maximum Gasteiger partial charge on any atom is 0.186 e. The van der Waals surface area contributed by atoms with Gasteiger partial charge < -0.3 is 0 Å². The molecule has 0 atom stereocenters. The summed E-state index contributed by atoms with van der Waals surface area (Å²) in [6, 6.07) is 4.02. The van der Waals surface area contributed by atoms with E-state index >= 15 is 0 Å². The summed E-state index contributed by atoms with van der Waals surface area (Å²) in [4.78, 5) is 16.0. The molecule has 0 fully saturated rings. The van der Waals surface area contributed by atoms with Gasteiger partial charge in [-0.25, -0.2) is 9.37 Å². The predicted octanol–water partition coefficient (Wildman–Crippen LogP) is 3.67. The molecule has 0 aliphatic heterocycles. The fourth-order valence-electron chi connectivity index (χ4n) is 1.42. The lowest BCUT2D eigenvalue weighted by Crippen LogP contribution is -2.04. The highest BCUT2D eigenvalue weighted by atomic mass is 35.5. The zero-order valence-corrected chi connectivity index (χ0v) is 10.6. The number of nitrogens with zero attached hydrogens (tertiary/aromatic N) is 1. The minimum absolute atomic E-state index is 0.108. The number of carbonyl (C=O) groups is 1. The van der Waals surface area contributed by atoms with Gasteiger partial charge in [0.25, 0.3) is 0 Å². The maximum atomic E-state index is 12.8. The molecule has 1 aromatic heterocycles. The fourth-order valence-corrected chi connectivity index (χ4v) is 2.27. The zero-order chi connectivity index (χ0) is 12.4. The first-order chi connectivity index (χ1) is 8.06. The highest BCUT2D eigenvalue weighted by Gasteiger charge is 2.12. The molecular weight excluding hydrogens is 261 g/mol. The number of rotatable bonds is 3. The van der Waals surface area contributed by atoms with Crippen LogP contribution < -0.4 is 0 Å². The molecule has 0 saturated heterocycles. The van der Waals surface area contributed by atoms with Crippen LogP contribution in [0.15, 0.2) is 23.6 Å². The van der Waals surface area contributed by atoms with Gasteiger partial charge in [0, 0.05) is 16.8 Å². The van der Waals surface area contributed by atoms with E-state index in [9.17, 15) is 9.18 Å². The van der Waals surface area contributed by atoms with Crippen LogP contribution in [-0.2, 0) is 6.42 Å². The first-order valence-electron chi connectivity index (χ1n) is 4.95. The van der Waals surface area contributed by atoms with Crippen molar-refractivity contribution in [2.24, 2.45) is 0 Å². The molecule has 0 radical (unpaired) electrons. The Labute approximate surface area is 107 Å². The summed E-state index contributed by atoms with van der Waals surface area (Å²) in [5, 5.41) is 2.83. The molecule has 2 nitrogen and oxygen atoms in total. The van der Waals surface area contributed by atoms with Crippen molar-refractivity contribution in [1.29, 1.82) is 0 Å². The van der Waals surface area contributed by atoms with E-state index in [-0.39, 0.29) is 17.2 Å². The third-order valence-electron chi connectivity index (χ3n) is 2.27. The van der Waals surface area contributed by atoms with Crippen molar-refractivity contribution in [3.63, 3.8) is 0 Å². The van der Waals surface area contributed by atoms with E-state index in [1.165, 1.54) is 29.5 Å².